The highest BCUT2D eigenvalue weighted by molar-refractivity contribution is 8.64. The van der Waals surface area contributed by atoms with Crippen molar-refractivity contribution < 1.29 is 9.26 Å². The molecule has 116 valence electrons. The molecule has 1 aliphatic rings. The second-order valence-electron chi connectivity index (χ2n) is 5.49. The van der Waals surface area contributed by atoms with Crippen molar-refractivity contribution in [2.75, 3.05) is 7.11 Å². The van der Waals surface area contributed by atoms with Crippen LogP contribution in [0, 0.1) is 5.92 Å². The summed E-state index contributed by atoms with van der Waals surface area (Å²) in [5, 5.41) is 0.966. The summed E-state index contributed by atoms with van der Waals surface area (Å²) >= 11 is 10.4. The van der Waals surface area contributed by atoms with Gasteiger partial charge in [-0.2, -0.15) is 0 Å². The fraction of sp³-hybridized carbons (Fsp3) is 0.294. The van der Waals surface area contributed by atoms with Gasteiger partial charge in [-0.15, -0.1) is 12.2 Å². The highest BCUT2D eigenvalue weighted by Crippen LogP contribution is 2.58. The van der Waals surface area contributed by atoms with Crippen LogP contribution in [0.2, 0.25) is 0 Å². The summed E-state index contributed by atoms with van der Waals surface area (Å²) in [7, 11) is 1.65. The summed E-state index contributed by atoms with van der Waals surface area (Å²) in [6.45, 7) is 0. The number of thiol groups is 1. The van der Waals surface area contributed by atoms with Crippen molar-refractivity contribution in [3.05, 3.63) is 60.2 Å². The Hall–Kier alpha value is -0.800. The van der Waals surface area contributed by atoms with Gasteiger partial charge in [-0.05, 0) is 48.6 Å². The van der Waals surface area contributed by atoms with Crippen molar-refractivity contribution in [2.24, 2.45) is 5.92 Å². The predicted octanol–water partition coefficient (Wildman–Crippen LogP) is 4.73. The van der Waals surface area contributed by atoms with Crippen LogP contribution in [-0.2, 0) is 16.3 Å². The van der Waals surface area contributed by atoms with E-state index in [-0.39, 0.29) is 6.10 Å². The van der Waals surface area contributed by atoms with Crippen LogP contribution in [0.4, 0.5) is 0 Å². The average molecular weight is 350 g/mol. The molecule has 22 heavy (non-hydrogen) atoms. The second-order valence-corrected chi connectivity index (χ2v) is 11.3. The zero-order valence-corrected chi connectivity index (χ0v) is 15.0. The summed E-state index contributed by atoms with van der Waals surface area (Å²) in [5.41, 5.74) is -1.14. The van der Waals surface area contributed by atoms with Crippen molar-refractivity contribution in [3.63, 3.8) is 0 Å². The molecular formula is C17H19O2PS2. The maximum atomic E-state index is 6.36. The molecule has 0 saturated heterocycles. The van der Waals surface area contributed by atoms with Crippen molar-refractivity contribution in [1.82, 2.24) is 0 Å². The van der Waals surface area contributed by atoms with Crippen LogP contribution in [0.1, 0.15) is 24.5 Å². The van der Waals surface area contributed by atoms with Gasteiger partial charge in [0.05, 0.1) is 13.2 Å². The number of hydrogen-bond donors (Lipinski definition) is 1. The molecule has 2 atom stereocenters. The van der Waals surface area contributed by atoms with Crippen LogP contribution in [0.5, 0.6) is 5.75 Å². The third-order valence-electron chi connectivity index (χ3n) is 3.83. The first-order valence-corrected chi connectivity index (χ1v) is 11.2. The zero-order valence-electron chi connectivity index (χ0n) is 12.4. The standard InChI is InChI=1S/C17H19O2PS2/c1-18-15-9-11-16(12-10-15)20(21,22)19-17(14-7-8-14)13-5-3-2-4-6-13/h2-6,9-12,14,17H,7-8H2,1H3,(H,21,22). The van der Waals surface area contributed by atoms with Gasteiger partial charge in [0, 0.05) is 5.30 Å². The van der Waals surface area contributed by atoms with E-state index >= 15 is 0 Å². The van der Waals surface area contributed by atoms with E-state index < -0.39 is 5.47 Å². The first-order valence-electron chi connectivity index (χ1n) is 7.31. The fourth-order valence-electron chi connectivity index (χ4n) is 2.45. The summed E-state index contributed by atoms with van der Waals surface area (Å²) in [5.74, 6) is 1.38. The molecule has 0 radical (unpaired) electrons. The van der Waals surface area contributed by atoms with Crippen LogP contribution in [0.15, 0.2) is 54.6 Å². The van der Waals surface area contributed by atoms with Crippen LogP contribution in [-0.4, -0.2) is 7.11 Å². The smallest absolute Gasteiger partial charge is 0.146 e. The van der Waals surface area contributed by atoms with E-state index in [1.165, 1.54) is 18.4 Å². The molecule has 2 aromatic carbocycles. The van der Waals surface area contributed by atoms with E-state index in [1.807, 2.05) is 42.5 Å². The monoisotopic (exact) mass is 350 g/mol. The van der Waals surface area contributed by atoms with Crippen LogP contribution >= 0.6 is 17.7 Å². The third-order valence-corrected chi connectivity index (χ3v) is 7.16. The second kappa shape index (κ2) is 6.76. The topological polar surface area (TPSA) is 18.5 Å². The molecule has 1 saturated carbocycles. The Morgan fingerprint density at radius 2 is 1.73 bits per heavy atom. The van der Waals surface area contributed by atoms with Gasteiger partial charge >= 0.3 is 0 Å². The molecule has 0 bridgehead atoms. The highest BCUT2D eigenvalue weighted by atomic mass is 32.9. The number of ether oxygens (including phenoxy) is 1. The lowest BCUT2D eigenvalue weighted by Crippen LogP contribution is -2.09. The quantitative estimate of drug-likeness (QED) is 0.600. The Morgan fingerprint density at radius 1 is 1.09 bits per heavy atom. The van der Waals surface area contributed by atoms with Crippen LogP contribution in [0.3, 0.4) is 0 Å². The Bertz CT molecular complexity index is 669. The van der Waals surface area contributed by atoms with E-state index in [4.69, 9.17) is 33.3 Å². The maximum Gasteiger partial charge on any atom is 0.146 e. The molecule has 0 aliphatic heterocycles. The average Bonchev–Trinajstić information content (AvgIpc) is 3.38. The van der Waals surface area contributed by atoms with Crippen LogP contribution in [0.25, 0.3) is 0 Å². The number of hydrogen-bond acceptors (Lipinski definition) is 3. The van der Waals surface area contributed by atoms with Gasteiger partial charge in [-0.25, -0.2) is 0 Å². The van der Waals surface area contributed by atoms with Gasteiger partial charge < -0.3 is 9.26 Å². The minimum atomic E-state index is -2.34. The first kappa shape index (κ1) is 16.1. The minimum absolute atomic E-state index is 0.0478. The van der Waals surface area contributed by atoms with E-state index in [0.717, 1.165) is 11.1 Å². The number of benzene rings is 2. The predicted molar refractivity (Wildman–Crippen MR) is 98.9 cm³/mol. The number of rotatable bonds is 6. The van der Waals surface area contributed by atoms with E-state index in [9.17, 15) is 0 Å². The van der Waals surface area contributed by atoms with Crippen molar-refractivity contribution >= 4 is 34.8 Å². The molecule has 1 aliphatic carbocycles. The molecule has 2 nitrogen and oxygen atoms in total. The van der Waals surface area contributed by atoms with Gasteiger partial charge in [0.2, 0.25) is 0 Å². The lowest BCUT2D eigenvalue weighted by molar-refractivity contribution is 0.211. The molecule has 0 N–H and O–H groups in total. The minimum Gasteiger partial charge on any atom is -0.497 e. The lowest BCUT2D eigenvalue weighted by Gasteiger charge is -2.25. The van der Waals surface area contributed by atoms with E-state index in [1.54, 1.807) is 7.11 Å². The molecule has 5 heteroatoms. The Kier molecular flexibility index (Phi) is 4.94. The summed E-state index contributed by atoms with van der Waals surface area (Å²) in [6.07, 6.45) is 2.45. The van der Waals surface area contributed by atoms with E-state index in [2.05, 4.69) is 12.1 Å². The summed E-state index contributed by atoms with van der Waals surface area (Å²) < 4.78 is 11.5. The van der Waals surface area contributed by atoms with Crippen molar-refractivity contribution in [3.8, 4) is 5.75 Å². The Morgan fingerprint density at radius 3 is 2.27 bits per heavy atom. The Labute approximate surface area is 142 Å². The maximum absolute atomic E-state index is 6.36. The van der Waals surface area contributed by atoms with Gasteiger partial charge in [0.25, 0.3) is 0 Å². The van der Waals surface area contributed by atoms with Gasteiger partial charge in [0.15, 0.2) is 0 Å². The molecule has 0 amide bonds. The molecule has 1 fully saturated rings. The molecule has 0 aromatic heterocycles. The lowest BCUT2D eigenvalue weighted by atomic mass is 10.1. The van der Waals surface area contributed by atoms with E-state index in [0.29, 0.717) is 5.92 Å². The number of methoxy groups -OCH3 is 1. The highest BCUT2D eigenvalue weighted by Gasteiger charge is 2.36. The third kappa shape index (κ3) is 3.75. The zero-order chi connectivity index (χ0) is 15.6. The fourth-order valence-corrected chi connectivity index (χ4v) is 5.04. The molecular weight excluding hydrogens is 331 g/mol. The van der Waals surface area contributed by atoms with Crippen molar-refractivity contribution in [1.29, 1.82) is 0 Å². The summed E-state index contributed by atoms with van der Waals surface area (Å²) in [6, 6.07) is 18.1. The molecule has 3 rings (SSSR count). The molecule has 0 heterocycles. The normalized spacial score (nSPS) is 18.5. The summed E-state index contributed by atoms with van der Waals surface area (Å²) in [4.78, 5) is 0. The van der Waals surface area contributed by atoms with Crippen molar-refractivity contribution in [2.45, 2.75) is 18.9 Å². The van der Waals surface area contributed by atoms with Gasteiger partial charge in [-0.3, -0.25) is 0 Å². The van der Waals surface area contributed by atoms with Gasteiger partial charge in [0.1, 0.15) is 11.2 Å². The molecule has 2 aromatic rings. The molecule has 0 spiro atoms. The van der Waals surface area contributed by atoms with Gasteiger partial charge in [-0.1, -0.05) is 42.1 Å². The largest absolute Gasteiger partial charge is 0.497 e. The Balaban J connectivity index is 1.83. The van der Waals surface area contributed by atoms with Crippen LogP contribution < -0.4 is 10.0 Å². The first-order chi connectivity index (χ1) is 10.6. The SMILES string of the molecule is COc1ccc(P(=S)(S)OC(c2ccccc2)C2CC2)cc1. The molecule has 2 unspecified atom stereocenters.